The first-order valence-electron chi connectivity index (χ1n) is 9.38. The molecule has 0 radical (unpaired) electrons. The summed E-state index contributed by atoms with van der Waals surface area (Å²) in [7, 11) is 0. The minimum absolute atomic E-state index is 0.190. The maximum atomic E-state index is 12.7. The van der Waals surface area contributed by atoms with Crippen LogP contribution in [0.3, 0.4) is 0 Å². The van der Waals surface area contributed by atoms with Crippen molar-refractivity contribution in [3.63, 3.8) is 0 Å². The number of nitrogens with one attached hydrogen (secondary N) is 1. The molecule has 0 aliphatic heterocycles. The van der Waals surface area contributed by atoms with Crippen molar-refractivity contribution < 1.29 is 4.79 Å². The zero-order chi connectivity index (χ0) is 17.1. The molecular formula is C21H30N2O. The summed E-state index contributed by atoms with van der Waals surface area (Å²) in [5.74, 6) is 2.24. The lowest BCUT2D eigenvalue weighted by atomic mass is 9.70. The molecule has 0 bridgehead atoms. The Balaban J connectivity index is 1.58. The Morgan fingerprint density at radius 1 is 1.25 bits per heavy atom. The SMILES string of the molecule is CC(C)[C@@H]1CC[C@@H](C)C[C@H]1C(=O)NCCn1ccc2ccccc21. The number of hydrogen-bond donors (Lipinski definition) is 1. The number of carbonyl (C=O) groups excluding carboxylic acids is 1. The van der Waals surface area contributed by atoms with E-state index in [0.29, 0.717) is 24.3 Å². The monoisotopic (exact) mass is 326 g/mol. The summed E-state index contributed by atoms with van der Waals surface area (Å²) in [5.41, 5.74) is 1.23. The highest BCUT2D eigenvalue weighted by molar-refractivity contribution is 5.80. The summed E-state index contributed by atoms with van der Waals surface area (Å²) in [5, 5.41) is 4.46. The number of fused-ring (bicyclic) bond motifs is 1. The first kappa shape index (κ1) is 17.1. The number of carbonyl (C=O) groups is 1. The van der Waals surface area contributed by atoms with Crippen molar-refractivity contribution in [1.82, 2.24) is 9.88 Å². The van der Waals surface area contributed by atoms with Crippen molar-refractivity contribution >= 4 is 16.8 Å². The lowest BCUT2D eigenvalue weighted by Gasteiger charge is -2.36. The molecule has 1 aromatic heterocycles. The third-order valence-electron chi connectivity index (χ3n) is 5.69. The number of para-hydroxylation sites is 1. The summed E-state index contributed by atoms with van der Waals surface area (Å²) < 4.78 is 2.22. The molecule has 3 nitrogen and oxygen atoms in total. The van der Waals surface area contributed by atoms with Crippen LogP contribution in [0.4, 0.5) is 0 Å². The molecule has 0 spiro atoms. The molecule has 1 heterocycles. The summed E-state index contributed by atoms with van der Waals surface area (Å²) in [4.78, 5) is 12.7. The van der Waals surface area contributed by atoms with E-state index in [1.807, 2.05) is 0 Å². The van der Waals surface area contributed by atoms with E-state index in [9.17, 15) is 4.79 Å². The van der Waals surface area contributed by atoms with Crippen LogP contribution in [-0.4, -0.2) is 17.0 Å². The van der Waals surface area contributed by atoms with Gasteiger partial charge < -0.3 is 9.88 Å². The van der Waals surface area contributed by atoms with Crippen molar-refractivity contribution in [2.45, 2.75) is 46.6 Å². The van der Waals surface area contributed by atoms with Crippen LogP contribution in [0, 0.1) is 23.7 Å². The number of aromatic nitrogens is 1. The van der Waals surface area contributed by atoms with Gasteiger partial charge in [0.1, 0.15) is 0 Å². The van der Waals surface area contributed by atoms with Gasteiger partial charge in [0.05, 0.1) is 0 Å². The van der Waals surface area contributed by atoms with Crippen LogP contribution in [0.25, 0.3) is 10.9 Å². The second kappa shape index (κ2) is 7.42. The molecule has 1 aliphatic carbocycles. The molecule has 1 aromatic carbocycles. The average molecular weight is 326 g/mol. The van der Waals surface area contributed by atoms with Gasteiger partial charge in [-0.05, 0) is 48.1 Å². The van der Waals surface area contributed by atoms with E-state index in [0.717, 1.165) is 13.0 Å². The van der Waals surface area contributed by atoms with E-state index < -0.39 is 0 Å². The number of benzene rings is 1. The van der Waals surface area contributed by atoms with Crippen LogP contribution < -0.4 is 5.32 Å². The highest BCUT2D eigenvalue weighted by Gasteiger charge is 2.35. The molecule has 3 atom stereocenters. The van der Waals surface area contributed by atoms with Gasteiger partial charge in [-0.2, -0.15) is 0 Å². The predicted molar refractivity (Wildman–Crippen MR) is 99.8 cm³/mol. The molecular weight excluding hydrogens is 296 g/mol. The summed E-state index contributed by atoms with van der Waals surface area (Å²) in [6, 6.07) is 10.5. The van der Waals surface area contributed by atoms with Crippen LogP contribution in [0.1, 0.15) is 40.0 Å². The standard InChI is InChI=1S/C21H30N2O/c1-15(2)18-9-8-16(3)14-19(18)21(24)22-11-13-23-12-10-17-6-4-5-7-20(17)23/h4-7,10,12,15-16,18-19H,8-9,11,13-14H2,1-3H3,(H,22,24)/t16-,18+,19-/m1/s1. The Kier molecular flexibility index (Phi) is 5.27. The molecule has 130 valence electrons. The van der Waals surface area contributed by atoms with Gasteiger partial charge in [-0.15, -0.1) is 0 Å². The predicted octanol–water partition coefficient (Wildman–Crippen LogP) is 4.47. The van der Waals surface area contributed by atoms with Crippen LogP contribution >= 0.6 is 0 Å². The van der Waals surface area contributed by atoms with Crippen molar-refractivity contribution in [2.75, 3.05) is 6.54 Å². The fourth-order valence-corrected chi connectivity index (χ4v) is 4.27. The first-order chi connectivity index (χ1) is 11.6. The van der Waals surface area contributed by atoms with Gasteiger partial charge in [0.2, 0.25) is 5.91 Å². The topological polar surface area (TPSA) is 34.0 Å². The molecule has 1 fully saturated rings. The second-order valence-electron chi connectivity index (χ2n) is 7.79. The van der Waals surface area contributed by atoms with Gasteiger partial charge in [0.15, 0.2) is 0 Å². The fraction of sp³-hybridized carbons (Fsp3) is 0.571. The number of nitrogens with zero attached hydrogens (tertiary/aromatic N) is 1. The molecule has 0 unspecified atom stereocenters. The zero-order valence-electron chi connectivity index (χ0n) is 15.2. The van der Waals surface area contributed by atoms with Crippen molar-refractivity contribution in [1.29, 1.82) is 0 Å². The minimum Gasteiger partial charge on any atom is -0.354 e. The Morgan fingerprint density at radius 3 is 2.83 bits per heavy atom. The van der Waals surface area contributed by atoms with E-state index in [1.54, 1.807) is 0 Å². The molecule has 1 saturated carbocycles. The van der Waals surface area contributed by atoms with Crippen LogP contribution in [0.5, 0.6) is 0 Å². The van der Waals surface area contributed by atoms with E-state index in [4.69, 9.17) is 0 Å². The van der Waals surface area contributed by atoms with E-state index >= 15 is 0 Å². The van der Waals surface area contributed by atoms with E-state index in [1.165, 1.54) is 23.7 Å². The summed E-state index contributed by atoms with van der Waals surface area (Å²) in [6.07, 6.45) is 5.61. The normalized spacial score (nSPS) is 24.4. The Morgan fingerprint density at radius 2 is 2.04 bits per heavy atom. The Bertz CT molecular complexity index is 688. The maximum absolute atomic E-state index is 12.7. The van der Waals surface area contributed by atoms with Crippen LogP contribution in [-0.2, 0) is 11.3 Å². The van der Waals surface area contributed by atoms with Crippen LogP contribution in [0.15, 0.2) is 36.5 Å². The second-order valence-corrected chi connectivity index (χ2v) is 7.79. The minimum atomic E-state index is 0.190. The third-order valence-corrected chi connectivity index (χ3v) is 5.69. The lowest BCUT2D eigenvalue weighted by Crippen LogP contribution is -2.41. The summed E-state index contributed by atoms with van der Waals surface area (Å²) in [6.45, 7) is 8.32. The number of rotatable bonds is 5. The largest absolute Gasteiger partial charge is 0.354 e. The number of amides is 1. The molecule has 3 heteroatoms. The highest BCUT2D eigenvalue weighted by Crippen LogP contribution is 2.38. The van der Waals surface area contributed by atoms with Gasteiger partial charge in [-0.3, -0.25) is 4.79 Å². The quantitative estimate of drug-likeness (QED) is 0.864. The Labute approximate surface area is 145 Å². The maximum Gasteiger partial charge on any atom is 0.223 e. The van der Waals surface area contributed by atoms with Crippen molar-refractivity contribution in [3.05, 3.63) is 36.5 Å². The molecule has 2 aromatic rings. The van der Waals surface area contributed by atoms with E-state index in [2.05, 4.69) is 67.2 Å². The molecule has 24 heavy (non-hydrogen) atoms. The van der Waals surface area contributed by atoms with Gasteiger partial charge in [-0.25, -0.2) is 0 Å². The van der Waals surface area contributed by atoms with Crippen molar-refractivity contribution in [2.24, 2.45) is 23.7 Å². The fourth-order valence-electron chi connectivity index (χ4n) is 4.27. The van der Waals surface area contributed by atoms with E-state index in [-0.39, 0.29) is 11.8 Å². The highest BCUT2D eigenvalue weighted by atomic mass is 16.1. The van der Waals surface area contributed by atoms with Gasteiger partial charge >= 0.3 is 0 Å². The van der Waals surface area contributed by atoms with Crippen LogP contribution in [0.2, 0.25) is 0 Å². The lowest BCUT2D eigenvalue weighted by molar-refractivity contribution is -0.129. The zero-order valence-corrected chi connectivity index (χ0v) is 15.2. The first-order valence-corrected chi connectivity index (χ1v) is 9.38. The molecule has 1 aliphatic rings. The summed E-state index contributed by atoms with van der Waals surface area (Å²) >= 11 is 0. The Hall–Kier alpha value is -1.77. The molecule has 1 N–H and O–H groups in total. The molecule has 0 saturated heterocycles. The smallest absolute Gasteiger partial charge is 0.223 e. The van der Waals surface area contributed by atoms with Gasteiger partial charge in [0.25, 0.3) is 0 Å². The third kappa shape index (κ3) is 3.66. The molecule has 3 rings (SSSR count). The van der Waals surface area contributed by atoms with Gasteiger partial charge in [-0.1, -0.05) is 45.4 Å². The molecule has 1 amide bonds. The van der Waals surface area contributed by atoms with Crippen molar-refractivity contribution in [3.8, 4) is 0 Å². The number of hydrogen-bond acceptors (Lipinski definition) is 1. The van der Waals surface area contributed by atoms with Gasteiger partial charge in [0, 0.05) is 30.7 Å². The average Bonchev–Trinajstić information content (AvgIpc) is 2.98.